The molecule has 0 fully saturated rings. The molecule has 0 aliphatic rings. The van der Waals surface area contributed by atoms with Gasteiger partial charge in [0.1, 0.15) is 17.4 Å². The summed E-state index contributed by atoms with van der Waals surface area (Å²) in [5.74, 6) is -0.631. The minimum absolute atomic E-state index is 0.169. The fraction of sp³-hybridized carbons (Fsp3) is 0.267. The molecule has 0 saturated carbocycles. The third-order valence-electron chi connectivity index (χ3n) is 2.85. The number of carbonyl (C=O) groups excluding carboxylic acids is 1. The predicted molar refractivity (Wildman–Crippen MR) is 81.9 cm³/mol. The van der Waals surface area contributed by atoms with Gasteiger partial charge in [-0.05, 0) is 37.6 Å². The summed E-state index contributed by atoms with van der Waals surface area (Å²) in [7, 11) is 0. The van der Waals surface area contributed by atoms with E-state index in [1.165, 1.54) is 11.3 Å². The van der Waals surface area contributed by atoms with Gasteiger partial charge in [-0.3, -0.25) is 4.79 Å². The van der Waals surface area contributed by atoms with Crippen molar-refractivity contribution in [3.05, 3.63) is 44.9 Å². The van der Waals surface area contributed by atoms with Crippen LogP contribution in [0.15, 0.2) is 23.6 Å². The lowest BCUT2D eigenvalue weighted by molar-refractivity contribution is -0.121. The second-order valence-electron chi connectivity index (χ2n) is 4.56. The number of hydrogen-bond acceptors (Lipinski definition) is 5. The summed E-state index contributed by atoms with van der Waals surface area (Å²) >= 11 is 7.24. The first-order valence-corrected chi connectivity index (χ1v) is 7.50. The Kier molecular flexibility index (Phi) is 4.94. The molecule has 1 aromatic heterocycles. The second-order valence-corrected chi connectivity index (χ2v) is 5.85. The fourth-order valence-corrected chi connectivity index (χ4v) is 2.69. The van der Waals surface area contributed by atoms with E-state index in [0.29, 0.717) is 15.8 Å². The van der Waals surface area contributed by atoms with E-state index in [-0.39, 0.29) is 12.4 Å². The third kappa shape index (κ3) is 3.81. The predicted octanol–water partition coefficient (Wildman–Crippen LogP) is 3.67. The number of ketones is 1. The lowest BCUT2D eigenvalue weighted by atomic mass is 10.1. The molecule has 1 aromatic carbocycles. The van der Waals surface area contributed by atoms with Crippen LogP contribution in [0.3, 0.4) is 0 Å². The van der Waals surface area contributed by atoms with Crippen LogP contribution >= 0.6 is 22.9 Å². The van der Waals surface area contributed by atoms with Crippen LogP contribution in [-0.2, 0) is 4.79 Å². The summed E-state index contributed by atoms with van der Waals surface area (Å²) < 4.78 is 5.43. The van der Waals surface area contributed by atoms with Gasteiger partial charge in [0.25, 0.3) is 0 Å². The molecule has 0 radical (unpaired) electrons. The molecule has 0 amide bonds. The molecule has 6 heteroatoms. The van der Waals surface area contributed by atoms with Crippen molar-refractivity contribution < 1.29 is 9.53 Å². The van der Waals surface area contributed by atoms with Gasteiger partial charge in [-0.15, -0.1) is 11.3 Å². The molecule has 4 nitrogen and oxygen atoms in total. The minimum atomic E-state index is -0.878. The molecule has 0 bridgehead atoms. The Morgan fingerprint density at radius 1 is 1.52 bits per heavy atom. The molecular weight excluding hydrogens is 308 g/mol. The molecule has 108 valence electrons. The number of hydrogen-bond donors (Lipinski definition) is 0. The Bertz CT molecular complexity index is 706. The van der Waals surface area contributed by atoms with Crippen LogP contribution < -0.4 is 4.74 Å². The number of nitrogens with zero attached hydrogens (tertiary/aromatic N) is 2. The van der Waals surface area contributed by atoms with E-state index in [1.807, 2.05) is 25.3 Å². The van der Waals surface area contributed by atoms with Crippen molar-refractivity contribution in [2.45, 2.75) is 19.8 Å². The Morgan fingerprint density at radius 2 is 2.29 bits per heavy atom. The van der Waals surface area contributed by atoms with Gasteiger partial charge in [0, 0.05) is 16.1 Å². The van der Waals surface area contributed by atoms with Crippen LogP contribution in [0.4, 0.5) is 0 Å². The van der Waals surface area contributed by atoms with Gasteiger partial charge >= 0.3 is 0 Å². The number of halogens is 1. The molecule has 2 aromatic rings. The summed E-state index contributed by atoms with van der Waals surface area (Å²) in [5.41, 5.74) is 1.67. The number of aryl methyl sites for hydroxylation is 2. The lowest BCUT2D eigenvalue weighted by Gasteiger charge is -2.09. The highest BCUT2D eigenvalue weighted by molar-refractivity contribution is 7.09. The quantitative estimate of drug-likeness (QED) is 0.843. The normalized spacial score (nSPS) is 11.7. The summed E-state index contributed by atoms with van der Waals surface area (Å²) in [6.45, 7) is 3.51. The topological polar surface area (TPSA) is 63.0 Å². The SMILES string of the molecule is Cc1csc(C(C#N)C(=O)COc2ccc(Cl)c(C)c2)n1. The van der Waals surface area contributed by atoms with Gasteiger partial charge in [0.2, 0.25) is 0 Å². The van der Waals surface area contributed by atoms with Crippen LogP contribution in [0.5, 0.6) is 5.75 Å². The number of thiazole rings is 1. The first-order valence-electron chi connectivity index (χ1n) is 6.24. The molecule has 0 aliphatic carbocycles. The van der Waals surface area contributed by atoms with E-state index in [4.69, 9.17) is 21.6 Å². The van der Waals surface area contributed by atoms with Crippen molar-refractivity contribution in [3.8, 4) is 11.8 Å². The summed E-state index contributed by atoms with van der Waals surface area (Å²) in [6.07, 6.45) is 0. The van der Waals surface area contributed by atoms with Crippen molar-refractivity contribution in [3.63, 3.8) is 0 Å². The van der Waals surface area contributed by atoms with Gasteiger partial charge in [-0.1, -0.05) is 11.6 Å². The van der Waals surface area contributed by atoms with Crippen LogP contribution in [0.1, 0.15) is 22.2 Å². The van der Waals surface area contributed by atoms with Gasteiger partial charge in [0.15, 0.2) is 11.7 Å². The number of nitriles is 1. The Morgan fingerprint density at radius 3 is 2.86 bits per heavy atom. The van der Waals surface area contributed by atoms with Crippen LogP contribution in [0, 0.1) is 25.2 Å². The van der Waals surface area contributed by atoms with Gasteiger partial charge in [-0.25, -0.2) is 4.98 Å². The lowest BCUT2D eigenvalue weighted by Crippen LogP contribution is -2.19. The molecule has 0 spiro atoms. The minimum Gasteiger partial charge on any atom is -0.486 e. The summed E-state index contributed by atoms with van der Waals surface area (Å²) in [6, 6.07) is 7.14. The maximum Gasteiger partial charge on any atom is 0.194 e. The Hall–Kier alpha value is -1.90. The molecule has 2 rings (SSSR count). The first-order chi connectivity index (χ1) is 10.0. The number of benzene rings is 1. The average Bonchev–Trinajstić information content (AvgIpc) is 2.87. The Labute approximate surface area is 132 Å². The number of Topliss-reactive ketones (excluding diaryl/α,β-unsaturated/α-hetero) is 1. The number of ether oxygens (including phenoxy) is 1. The summed E-state index contributed by atoms with van der Waals surface area (Å²) in [5, 5.41) is 12.1. The van der Waals surface area contributed by atoms with E-state index < -0.39 is 5.92 Å². The maximum absolute atomic E-state index is 12.1. The van der Waals surface area contributed by atoms with Crippen molar-refractivity contribution in [1.29, 1.82) is 5.26 Å². The molecule has 1 heterocycles. The van der Waals surface area contributed by atoms with Gasteiger partial charge in [0.05, 0.1) is 6.07 Å². The van der Waals surface area contributed by atoms with E-state index in [0.717, 1.165) is 11.3 Å². The van der Waals surface area contributed by atoms with Crippen LogP contribution in [-0.4, -0.2) is 17.4 Å². The largest absolute Gasteiger partial charge is 0.486 e. The van der Waals surface area contributed by atoms with Crippen molar-refractivity contribution in [2.75, 3.05) is 6.61 Å². The zero-order chi connectivity index (χ0) is 15.4. The van der Waals surface area contributed by atoms with E-state index >= 15 is 0 Å². The average molecular weight is 321 g/mol. The van der Waals surface area contributed by atoms with E-state index in [2.05, 4.69) is 4.98 Å². The highest BCUT2D eigenvalue weighted by Crippen LogP contribution is 2.23. The second kappa shape index (κ2) is 6.70. The highest BCUT2D eigenvalue weighted by Gasteiger charge is 2.23. The number of aromatic nitrogens is 1. The molecule has 0 saturated heterocycles. The van der Waals surface area contributed by atoms with Crippen molar-refractivity contribution >= 4 is 28.7 Å². The van der Waals surface area contributed by atoms with Crippen LogP contribution in [0.25, 0.3) is 0 Å². The van der Waals surface area contributed by atoms with E-state index in [9.17, 15) is 4.79 Å². The maximum atomic E-state index is 12.1. The molecule has 0 aliphatic heterocycles. The zero-order valence-electron chi connectivity index (χ0n) is 11.6. The van der Waals surface area contributed by atoms with Gasteiger partial charge < -0.3 is 4.74 Å². The standard InChI is InChI=1S/C15H13ClN2O2S/c1-9-5-11(3-4-13(9)16)20-7-14(19)12(6-17)15-18-10(2)8-21-15/h3-5,8,12H,7H2,1-2H3. The Balaban J connectivity index is 2.03. The first kappa shape index (κ1) is 15.5. The summed E-state index contributed by atoms with van der Waals surface area (Å²) in [4.78, 5) is 16.3. The third-order valence-corrected chi connectivity index (χ3v) is 4.30. The van der Waals surface area contributed by atoms with Crippen LogP contribution in [0.2, 0.25) is 5.02 Å². The van der Waals surface area contributed by atoms with Crippen molar-refractivity contribution in [1.82, 2.24) is 4.98 Å². The number of carbonyl (C=O) groups is 1. The molecule has 0 N–H and O–H groups in total. The van der Waals surface area contributed by atoms with E-state index in [1.54, 1.807) is 18.2 Å². The molecular formula is C15H13ClN2O2S. The highest BCUT2D eigenvalue weighted by atomic mass is 35.5. The van der Waals surface area contributed by atoms with Crippen molar-refractivity contribution in [2.24, 2.45) is 0 Å². The zero-order valence-corrected chi connectivity index (χ0v) is 13.2. The molecule has 1 atom stereocenters. The fourth-order valence-electron chi connectivity index (χ4n) is 1.71. The number of rotatable bonds is 5. The molecule has 1 unspecified atom stereocenters. The van der Waals surface area contributed by atoms with Gasteiger partial charge in [-0.2, -0.15) is 5.26 Å². The monoisotopic (exact) mass is 320 g/mol. The smallest absolute Gasteiger partial charge is 0.194 e. The molecule has 21 heavy (non-hydrogen) atoms.